The van der Waals surface area contributed by atoms with Crippen molar-refractivity contribution in [3.63, 3.8) is 0 Å². The predicted octanol–water partition coefficient (Wildman–Crippen LogP) is 1.73. The summed E-state index contributed by atoms with van der Waals surface area (Å²) in [4.78, 5) is 35.7. The first-order chi connectivity index (χ1) is 10.8. The van der Waals surface area contributed by atoms with Crippen molar-refractivity contribution < 1.29 is 19.5 Å². The number of carbonyl (C=O) groups excluding carboxylic acids is 2. The Bertz CT molecular complexity index is 584. The summed E-state index contributed by atoms with van der Waals surface area (Å²) >= 11 is 0. The summed E-state index contributed by atoms with van der Waals surface area (Å²) in [5.74, 6) is -2.10. The quantitative estimate of drug-likeness (QED) is 0.713. The van der Waals surface area contributed by atoms with Gasteiger partial charge in [-0.25, -0.2) is 4.79 Å². The van der Waals surface area contributed by atoms with E-state index in [1.807, 2.05) is 19.1 Å². The normalized spacial score (nSPS) is 13.3. The maximum Gasteiger partial charge on any atom is 0.326 e. The molecule has 1 rings (SSSR count). The Morgan fingerprint density at radius 1 is 1.13 bits per heavy atom. The van der Waals surface area contributed by atoms with Crippen LogP contribution in [-0.2, 0) is 9.59 Å². The molecular weight excluding hydrogens is 296 g/mol. The van der Waals surface area contributed by atoms with Crippen LogP contribution in [0.25, 0.3) is 0 Å². The Morgan fingerprint density at radius 3 is 2.22 bits per heavy atom. The van der Waals surface area contributed by atoms with Crippen molar-refractivity contribution in [2.24, 2.45) is 5.92 Å². The topological polar surface area (TPSA) is 95.5 Å². The fourth-order valence-electron chi connectivity index (χ4n) is 2.18. The maximum absolute atomic E-state index is 12.4. The fraction of sp³-hybridized carbons (Fsp3) is 0.471. The van der Waals surface area contributed by atoms with Crippen LogP contribution in [0.1, 0.15) is 43.1 Å². The molecule has 0 fully saturated rings. The number of rotatable bonds is 7. The molecule has 0 aliphatic rings. The lowest BCUT2D eigenvalue weighted by Crippen LogP contribution is -2.53. The van der Waals surface area contributed by atoms with Crippen LogP contribution in [-0.4, -0.2) is 35.0 Å². The van der Waals surface area contributed by atoms with Crippen LogP contribution >= 0.6 is 0 Å². The van der Waals surface area contributed by atoms with Crippen molar-refractivity contribution in [1.29, 1.82) is 0 Å². The molecule has 0 aromatic heterocycles. The zero-order valence-electron chi connectivity index (χ0n) is 13.9. The summed E-state index contributed by atoms with van der Waals surface area (Å²) in [5, 5.41) is 14.2. The van der Waals surface area contributed by atoms with Crippen molar-refractivity contribution in [1.82, 2.24) is 10.6 Å². The number of carbonyl (C=O) groups is 3. The zero-order valence-corrected chi connectivity index (χ0v) is 13.9. The van der Waals surface area contributed by atoms with E-state index in [0.717, 1.165) is 5.56 Å². The summed E-state index contributed by atoms with van der Waals surface area (Å²) in [5.41, 5.74) is 1.31. The number of carboxylic acid groups (broad SMARTS) is 1. The largest absolute Gasteiger partial charge is 0.480 e. The summed E-state index contributed by atoms with van der Waals surface area (Å²) in [6, 6.07) is 5.33. The van der Waals surface area contributed by atoms with E-state index < -0.39 is 24.0 Å². The minimum Gasteiger partial charge on any atom is -0.480 e. The number of benzene rings is 1. The van der Waals surface area contributed by atoms with Gasteiger partial charge in [0.15, 0.2) is 0 Å². The summed E-state index contributed by atoms with van der Waals surface area (Å²) in [6.45, 7) is 7.08. The Morgan fingerprint density at radius 2 is 1.74 bits per heavy atom. The molecule has 1 aromatic carbocycles. The van der Waals surface area contributed by atoms with Crippen LogP contribution in [0.3, 0.4) is 0 Å². The lowest BCUT2D eigenvalue weighted by molar-refractivity contribution is -0.142. The summed E-state index contributed by atoms with van der Waals surface area (Å²) < 4.78 is 0. The second-order valence-corrected chi connectivity index (χ2v) is 5.82. The molecule has 2 atom stereocenters. The number of amides is 2. The first-order valence-corrected chi connectivity index (χ1v) is 7.67. The van der Waals surface area contributed by atoms with Crippen molar-refractivity contribution in [3.05, 3.63) is 35.4 Å². The highest BCUT2D eigenvalue weighted by molar-refractivity contribution is 5.99. The molecule has 6 heteroatoms. The van der Waals surface area contributed by atoms with Gasteiger partial charge < -0.3 is 15.7 Å². The standard InChI is InChI=1S/C17H24N2O4/c1-5-13(17(22)23)18-16(21)14(10(2)3)19-15(20)12-9-7-6-8-11(12)4/h6-10,13-14H,5H2,1-4H3,(H,18,21)(H,19,20)(H,22,23). The van der Waals surface area contributed by atoms with E-state index in [0.29, 0.717) is 5.56 Å². The number of aliphatic carboxylic acids is 1. The van der Waals surface area contributed by atoms with Gasteiger partial charge in [-0.15, -0.1) is 0 Å². The molecule has 0 radical (unpaired) electrons. The minimum absolute atomic E-state index is 0.172. The SMILES string of the molecule is CCC(NC(=O)C(NC(=O)c1ccccc1C)C(C)C)C(=O)O. The monoisotopic (exact) mass is 320 g/mol. The highest BCUT2D eigenvalue weighted by Crippen LogP contribution is 2.09. The second-order valence-electron chi connectivity index (χ2n) is 5.82. The van der Waals surface area contributed by atoms with Gasteiger partial charge in [-0.2, -0.15) is 0 Å². The third-order valence-electron chi connectivity index (χ3n) is 3.65. The average molecular weight is 320 g/mol. The molecule has 2 amide bonds. The highest BCUT2D eigenvalue weighted by atomic mass is 16.4. The van der Waals surface area contributed by atoms with Crippen LogP contribution in [0.2, 0.25) is 0 Å². The number of carboxylic acids is 1. The van der Waals surface area contributed by atoms with Gasteiger partial charge in [-0.3, -0.25) is 9.59 Å². The molecule has 2 unspecified atom stereocenters. The Balaban J connectivity index is 2.87. The lowest BCUT2D eigenvalue weighted by Gasteiger charge is -2.24. The molecule has 23 heavy (non-hydrogen) atoms. The first kappa shape index (κ1) is 18.7. The molecule has 0 spiro atoms. The van der Waals surface area contributed by atoms with Crippen molar-refractivity contribution in [2.75, 3.05) is 0 Å². The van der Waals surface area contributed by atoms with Crippen molar-refractivity contribution >= 4 is 17.8 Å². The molecule has 0 saturated heterocycles. The van der Waals surface area contributed by atoms with E-state index in [-0.39, 0.29) is 18.2 Å². The Hall–Kier alpha value is -2.37. The van der Waals surface area contributed by atoms with Gasteiger partial charge in [0.2, 0.25) is 5.91 Å². The molecule has 0 saturated carbocycles. The Kier molecular flexibility index (Phi) is 6.75. The molecule has 0 aliphatic carbocycles. The van der Waals surface area contributed by atoms with Gasteiger partial charge in [-0.05, 0) is 30.9 Å². The summed E-state index contributed by atoms with van der Waals surface area (Å²) in [7, 11) is 0. The van der Waals surface area contributed by atoms with Gasteiger partial charge >= 0.3 is 5.97 Å². The van der Waals surface area contributed by atoms with Crippen LogP contribution in [0.15, 0.2) is 24.3 Å². The highest BCUT2D eigenvalue weighted by Gasteiger charge is 2.28. The van der Waals surface area contributed by atoms with E-state index >= 15 is 0 Å². The van der Waals surface area contributed by atoms with Crippen molar-refractivity contribution in [3.8, 4) is 0 Å². The van der Waals surface area contributed by atoms with Crippen LogP contribution < -0.4 is 10.6 Å². The average Bonchev–Trinajstić information content (AvgIpc) is 2.49. The minimum atomic E-state index is -1.09. The van der Waals surface area contributed by atoms with Crippen LogP contribution in [0.4, 0.5) is 0 Å². The molecule has 0 bridgehead atoms. The van der Waals surface area contributed by atoms with Gasteiger partial charge in [0.05, 0.1) is 0 Å². The number of hydrogen-bond donors (Lipinski definition) is 3. The van der Waals surface area contributed by atoms with E-state index in [1.165, 1.54) is 0 Å². The molecule has 6 nitrogen and oxygen atoms in total. The smallest absolute Gasteiger partial charge is 0.326 e. The van der Waals surface area contributed by atoms with Crippen LogP contribution in [0.5, 0.6) is 0 Å². The molecule has 3 N–H and O–H groups in total. The number of aryl methyl sites for hydroxylation is 1. The number of hydrogen-bond acceptors (Lipinski definition) is 3. The molecule has 1 aromatic rings. The lowest BCUT2D eigenvalue weighted by atomic mass is 10.0. The van der Waals surface area contributed by atoms with Gasteiger partial charge in [-0.1, -0.05) is 39.0 Å². The molecule has 0 aliphatic heterocycles. The van der Waals surface area contributed by atoms with Gasteiger partial charge in [0.1, 0.15) is 12.1 Å². The third kappa shape index (κ3) is 5.09. The van der Waals surface area contributed by atoms with E-state index in [1.54, 1.807) is 32.9 Å². The van der Waals surface area contributed by atoms with E-state index in [4.69, 9.17) is 5.11 Å². The summed E-state index contributed by atoms with van der Waals surface area (Å²) in [6.07, 6.45) is 0.275. The molecule has 126 valence electrons. The first-order valence-electron chi connectivity index (χ1n) is 7.67. The van der Waals surface area contributed by atoms with Crippen molar-refractivity contribution in [2.45, 2.75) is 46.2 Å². The van der Waals surface area contributed by atoms with E-state index in [2.05, 4.69) is 10.6 Å². The van der Waals surface area contributed by atoms with E-state index in [9.17, 15) is 14.4 Å². The fourth-order valence-corrected chi connectivity index (χ4v) is 2.18. The third-order valence-corrected chi connectivity index (χ3v) is 3.65. The van der Waals surface area contributed by atoms with Gasteiger partial charge in [0.25, 0.3) is 5.91 Å². The maximum atomic E-state index is 12.4. The molecular formula is C17H24N2O4. The zero-order chi connectivity index (χ0) is 17.6. The molecule has 0 heterocycles. The van der Waals surface area contributed by atoms with Gasteiger partial charge in [0, 0.05) is 5.56 Å². The second kappa shape index (κ2) is 8.31. The van der Waals surface area contributed by atoms with Crippen LogP contribution in [0, 0.1) is 12.8 Å². The Labute approximate surface area is 136 Å². The number of nitrogens with one attached hydrogen (secondary N) is 2. The predicted molar refractivity (Wildman–Crippen MR) is 87.1 cm³/mol.